The molecule has 0 heterocycles. The third kappa shape index (κ3) is 5.21. The molecular weight excluding hydrogens is 277 g/mol. The summed E-state index contributed by atoms with van der Waals surface area (Å²) < 4.78 is 12.7. The molecule has 0 aromatic heterocycles. The van der Waals surface area contributed by atoms with Gasteiger partial charge in [0.1, 0.15) is 11.9 Å². The van der Waals surface area contributed by atoms with E-state index in [0.29, 0.717) is 0 Å². The predicted molar refractivity (Wildman–Crippen MR) is 74.5 cm³/mol. The fourth-order valence-electron chi connectivity index (χ4n) is 1.62. The van der Waals surface area contributed by atoms with Gasteiger partial charge in [-0.05, 0) is 30.2 Å². The third-order valence-electron chi connectivity index (χ3n) is 2.71. The van der Waals surface area contributed by atoms with Crippen LogP contribution < -0.4 is 16.2 Å². The quantitative estimate of drug-likeness (QED) is 0.716. The van der Waals surface area contributed by atoms with Gasteiger partial charge in [0.15, 0.2) is 0 Å². The molecule has 1 aromatic rings. The second kappa shape index (κ2) is 7.37. The van der Waals surface area contributed by atoms with Crippen molar-refractivity contribution < 1.29 is 18.8 Å². The van der Waals surface area contributed by atoms with Crippen LogP contribution in [0.4, 0.5) is 4.39 Å². The molecule has 0 aliphatic rings. The number of rotatable bonds is 4. The van der Waals surface area contributed by atoms with Crippen molar-refractivity contribution in [2.75, 3.05) is 0 Å². The summed E-state index contributed by atoms with van der Waals surface area (Å²) in [6, 6.07) is 4.13. The van der Waals surface area contributed by atoms with Crippen LogP contribution in [0.3, 0.4) is 0 Å². The Labute approximate surface area is 122 Å². The molecule has 0 unspecified atom stereocenters. The Morgan fingerprint density at radius 3 is 2.10 bits per heavy atom. The van der Waals surface area contributed by atoms with Gasteiger partial charge >= 0.3 is 0 Å². The highest BCUT2D eigenvalue weighted by atomic mass is 19.1. The standard InChI is InChI=1S/C14H18FN3O3/c1-8(2)12(16-9(3)19)14(21)18-17-13(20)10-4-6-11(15)7-5-10/h4-8,12H,1-3H3,(H,16,19)(H,17,20)(H,18,21)/t12-/m1/s1. The molecule has 0 aliphatic carbocycles. The van der Waals surface area contributed by atoms with Crippen molar-refractivity contribution in [1.29, 1.82) is 0 Å². The number of halogens is 1. The summed E-state index contributed by atoms with van der Waals surface area (Å²) in [5.41, 5.74) is 4.66. The zero-order valence-electron chi connectivity index (χ0n) is 12.1. The molecule has 1 atom stereocenters. The molecule has 21 heavy (non-hydrogen) atoms. The van der Waals surface area contributed by atoms with Crippen molar-refractivity contribution in [2.24, 2.45) is 5.92 Å². The molecule has 7 heteroatoms. The molecule has 0 saturated carbocycles. The first kappa shape index (κ1) is 16.6. The zero-order valence-corrected chi connectivity index (χ0v) is 12.1. The van der Waals surface area contributed by atoms with Crippen LogP contribution >= 0.6 is 0 Å². The first-order valence-electron chi connectivity index (χ1n) is 6.44. The summed E-state index contributed by atoms with van der Waals surface area (Å²) in [4.78, 5) is 34.7. The number of amides is 3. The number of nitrogens with one attached hydrogen (secondary N) is 3. The summed E-state index contributed by atoms with van der Waals surface area (Å²) >= 11 is 0. The summed E-state index contributed by atoms with van der Waals surface area (Å²) in [6.45, 7) is 4.84. The van der Waals surface area contributed by atoms with Gasteiger partial charge in [0, 0.05) is 12.5 Å². The summed E-state index contributed by atoms with van der Waals surface area (Å²) in [7, 11) is 0. The first-order chi connectivity index (χ1) is 9.81. The molecule has 114 valence electrons. The topological polar surface area (TPSA) is 87.3 Å². The number of hydrogen-bond acceptors (Lipinski definition) is 3. The lowest BCUT2D eigenvalue weighted by Crippen LogP contribution is -2.54. The van der Waals surface area contributed by atoms with Crippen molar-refractivity contribution >= 4 is 17.7 Å². The van der Waals surface area contributed by atoms with Crippen molar-refractivity contribution in [3.05, 3.63) is 35.6 Å². The van der Waals surface area contributed by atoms with E-state index in [4.69, 9.17) is 0 Å². The molecule has 1 aromatic carbocycles. The number of carbonyl (C=O) groups excluding carboxylic acids is 3. The Bertz CT molecular complexity index is 529. The minimum absolute atomic E-state index is 0.142. The molecule has 6 nitrogen and oxygen atoms in total. The highest BCUT2D eigenvalue weighted by molar-refractivity contribution is 5.96. The molecule has 0 spiro atoms. The summed E-state index contributed by atoms with van der Waals surface area (Å²) in [6.07, 6.45) is 0. The van der Waals surface area contributed by atoms with E-state index in [1.165, 1.54) is 19.1 Å². The van der Waals surface area contributed by atoms with Gasteiger partial charge < -0.3 is 5.32 Å². The van der Waals surface area contributed by atoms with Gasteiger partial charge in [-0.25, -0.2) is 4.39 Å². The highest BCUT2D eigenvalue weighted by Gasteiger charge is 2.23. The lowest BCUT2D eigenvalue weighted by Gasteiger charge is -2.21. The fourth-order valence-corrected chi connectivity index (χ4v) is 1.62. The molecule has 0 aliphatic heterocycles. The third-order valence-corrected chi connectivity index (χ3v) is 2.71. The normalized spacial score (nSPS) is 11.7. The zero-order chi connectivity index (χ0) is 16.0. The minimum Gasteiger partial charge on any atom is -0.344 e. The molecule has 0 saturated heterocycles. The van der Waals surface area contributed by atoms with E-state index in [-0.39, 0.29) is 17.4 Å². The van der Waals surface area contributed by atoms with Gasteiger partial charge in [0.05, 0.1) is 0 Å². The van der Waals surface area contributed by atoms with E-state index in [0.717, 1.165) is 12.1 Å². The number of hydrazine groups is 1. The van der Waals surface area contributed by atoms with Gasteiger partial charge in [-0.1, -0.05) is 13.8 Å². The average Bonchev–Trinajstić information content (AvgIpc) is 2.42. The van der Waals surface area contributed by atoms with E-state index in [2.05, 4.69) is 16.2 Å². The monoisotopic (exact) mass is 295 g/mol. The van der Waals surface area contributed by atoms with Crippen molar-refractivity contribution in [3.63, 3.8) is 0 Å². The molecule has 0 bridgehead atoms. The molecule has 3 N–H and O–H groups in total. The van der Waals surface area contributed by atoms with E-state index in [1.54, 1.807) is 13.8 Å². The lowest BCUT2D eigenvalue weighted by molar-refractivity contribution is -0.129. The van der Waals surface area contributed by atoms with Crippen LogP contribution in [0.1, 0.15) is 31.1 Å². The van der Waals surface area contributed by atoms with Crippen LogP contribution in [0.2, 0.25) is 0 Å². The molecule has 3 amide bonds. The van der Waals surface area contributed by atoms with Crippen LogP contribution in [0.25, 0.3) is 0 Å². The smallest absolute Gasteiger partial charge is 0.269 e. The number of hydrogen-bond donors (Lipinski definition) is 3. The van der Waals surface area contributed by atoms with Crippen LogP contribution in [0.5, 0.6) is 0 Å². The van der Waals surface area contributed by atoms with Gasteiger partial charge in [-0.2, -0.15) is 0 Å². The van der Waals surface area contributed by atoms with Crippen molar-refractivity contribution in [2.45, 2.75) is 26.8 Å². The Morgan fingerprint density at radius 1 is 1.05 bits per heavy atom. The van der Waals surface area contributed by atoms with Gasteiger partial charge in [-0.15, -0.1) is 0 Å². The number of benzene rings is 1. The SMILES string of the molecule is CC(=O)N[C@@H](C(=O)NNC(=O)c1ccc(F)cc1)C(C)C. The Kier molecular flexibility index (Phi) is 5.83. The van der Waals surface area contributed by atoms with E-state index in [1.807, 2.05) is 0 Å². The maximum absolute atomic E-state index is 12.7. The average molecular weight is 295 g/mol. The second-order valence-electron chi connectivity index (χ2n) is 4.87. The van der Waals surface area contributed by atoms with Crippen LogP contribution in [0.15, 0.2) is 24.3 Å². The summed E-state index contributed by atoms with van der Waals surface area (Å²) in [5.74, 6) is -2.05. The van der Waals surface area contributed by atoms with E-state index in [9.17, 15) is 18.8 Å². The molecular formula is C14H18FN3O3. The Balaban J connectivity index is 2.60. The molecule has 0 radical (unpaired) electrons. The van der Waals surface area contributed by atoms with Crippen LogP contribution in [-0.4, -0.2) is 23.8 Å². The van der Waals surface area contributed by atoms with Crippen LogP contribution in [0, 0.1) is 11.7 Å². The Morgan fingerprint density at radius 2 is 1.62 bits per heavy atom. The second-order valence-corrected chi connectivity index (χ2v) is 4.87. The Hall–Kier alpha value is -2.44. The van der Waals surface area contributed by atoms with Gasteiger partial charge in [0.25, 0.3) is 11.8 Å². The van der Waals surface area contributed by atoms with Gasteiger partial charge in [-0.3, -0.25) is 25.2 Å². The fraction of sp³-hybridized carbons (Fsp3) is 0.357. The van der Waals surface area contributed by atoms with Crippen molar-refractivity contribution in [1.82, 2.24) is 16.2 Å². The number of carbonyl (C=O) groups is 3. The van der Waals surface area contributed by atoms with Gasteiger partial charge in [0.2, 0.25) is 5.91 Å². The molecule has 1 rings (SSSR count). The lowest BCUT2D eigenvalue weighted by atomic mass is 10.0. The van der Waals surface area contributed by atoms with Crippen LogP contribution in [-0.2, 0) is 9.59 Å². The summed E-state index contributed by atoms with van der Waals surface area (Å²) in [5, 5.41) is 2.50. The van der Waals surface area contributed by atoms with E-state index >= 15 is 0 Å². The predicted octanol–water partition coefficient (Wildman–Crippen LogP) is 0.747. The minimum atomic E-state index is -0.754. The van der Waals surface area contributed by atoms with E-state index < -0.39 is 23.7 Å². The largest absolute Gasteiger partial charge is 0.344 e. The first-order valence-corrected chi connectivity index (χ1v) is 6.44. The molecule has 0 fully saturated rings. The van der Waals surface area contributed by atoms with Crippen molar-refractivity contribution in [3.8, 4) is 0 Å². The highest BCUT2D eigenvalue weighted by Crippen LogP contribution is 2.03. The maximum atomic E-state index is 12.7. The maximum Gasteiger partial charge on any atom is 0.269 e.